The Hall–Kier alpha value is 0.562. The molecule has 12 heavy (non-hydrogen) atoms. The third-order valence-corrected chi connectivity index (χ3v) is 6.08. The molecule has 0 aliphatic rings. The van der Waals surface area contributed by atoms with Crippen molar-refractivity contribution in [1.29, 1.82) is 0 Å². The molecule has 1 nitrogen and oxygen atoms in total. The van der Waals surface area contributed by atoms with E-state index in [1.165, 1.54) is 0 Å². The van der Waals surface area contributed by atoms with Gasteiger partial charge in [-0.05, 0) is 0 Å². The van der Waals surface area contributed by atoms with Crippen molar-refractivity contribution in [3.05, 3.63) is 23.3 Å². The van der Waals surface area contributed by atoms with Gasteiger partial charge in [-0.2, -0.15) is 0 Å². The van der Waals surface area contributed by atoms with Crippen molar-refractivity contribution in [2.45, 2.75) is 21.3 Å². The molecule has 0 amide bonds. The van der Waals surface area contributed by atoms with Crippen LogP contribution < -0.4 is 0 Å². The predicted octanol–water partition coefficient (Wildman–Crippen LogP) is 1.52. The van der Waals surface area contributed by atoms with Crippen LogP contribution in [0.5, 0.6) is 0 Å². The summed E-state index contributed by atoms with van der Waals surface area (Å²) in [5, 5.41) is 9.33. The average molecular weight is 387 g/mol. The molecule has 0 aromatic carbocycles. The van der Waals surface area contributed by atoms with Gasteiger partial charge in [0.1, 0.15) is 10.5 Å². The summed E-state index contributed by atoms with van der Waals surface area (Å²) in [6, 6.07) is 0. The van der Waals surface area contributed by atoms with Crippen molar-refractivity contribution in [3.8, 4) is 0 Å². The van der Waals surface area contributed by atoms with Crippen LogP contribution in [-0.4, -0.2) is 20.2 Å². The summed E-state index contributed by atoms with van der Waals surface area (Å²) >= 11 is -1.84. The molecule has 0 aliphatic carbocycles. The first kappa shape index (κ1) is 15.1. The van der Waals surface area contributed by atoms with Crippen LogP contribution in [0.1, 0.15) is 0 Å². The van der Waals surface area contributed by atoms with Crippen molar-refractivity contribution < 1.29 is 18.9 Å². The molecule has 0 saturated carbocycles. The molecule has 0 aliphatic heterocycles. The summed E-state index contributed by atoms with van der Waals surface area (Å²) in [5.74, 6) is 0. The second-order valence-electron chi connectivity index (χ2n) is 3.50. The molecule has 0 rings (SSSR count). The maximum atomic E-state index is 4.85. The van der Waals surface area contributed by atoms with Crippen molar-refractivity contribution in [2.24, 2.45) is 0 Å². The molecule has 0 spiro atoms. The van der Waals surface area contributed by atoms with Gasteiger partial charge in [0.05, 0.1) is 0 Å². The molecule has 0 unspecified atom stereocenters. The van der Waals surface area contributed by atoms with Gasteiger partial charge in [0, 0.05) is 0 Å². The molecule has 0 bridgehead atoms. The Bertz CT molecular complexity index is 140. The van der Waals surface area contributed by atoms with Crippen molar-refractivity contribution in [1.82, 2.24) is 0 Å². The predicted molar refractivity (Wildman–Crippen MR) is 63.4 cm³/mol. The molecule has 79 valence electrons. The maximum absolute atomic E-state index is 4.85. The van der Waals surface area contributed by atoms with Gasteiger partial charge in [-0.3, -0.25) is 0 Å². The zero-order valence-corrected chi connectivity index (χ0v) is 14.7. The second-order valence-corrected chi connectivity index (χ2v) is 26.5. The van der Waals surface area contributed by atoms with Gasteiger partial charge in [0.25, 0.3) is 0 Å². The summed E-state index contributed by atoms with van der Waals surface area (Å²) in [7, 11) is 0.647. The molecule has 0 radical (unpaired) electrons. The first-order valence-corrected chi connectivity index (χ1v) is 16.0. The quantitative estimate of drug-likeness (QED) is 0.669. The van der Waals surface area contributed by atoms with E-state index in [0.717, 1.165) is 10.5 Å². The van der Waals surface area contributed by atoms with Gasteiger partial charge in [0.2, 0.25) is 0 Å². The van der Waals surface area contributed by atoms with E-state index >= 15 is 0 Å². The van der Waals surface area contributed by atoms with Crippen LogP contribution in [0.15, 0.2) is 23.3 Å². The van der Waals surface area contributed by atoms with E-state index in [9.17, 15) is 0 Å². The Kier molecular flexibility index (Phi) is 7.63. The average Bonchev–Trinajstić information content (AvgIpc) is 1.88. The van der Waals surface area contributed by atoms with Crippen molar-refractivity contribution in [3.63, 3.8) is 0 Å². The van der Waals surface area contributed by atoms with Crippen LogP contribution in [0.25, 0.3) is 0 Å². The summed E-state index contributed by atoms with van der Waals surface area (Å²) < 4.78 is 7.00. The van der Waals surface area contributed by atoms with Crippen LogP contribution in [0.4, 0.5) is 0 Å². The number of hydrogen-bond acceptors (Lipinski definition) is 1. The zero-order valence-electron chi connectivity index (χ0n) is 9.00. The summed E-state index contributed by atoms with van der Waals surface area (Å²) in [6.45, 7) is 7.30. The third-order valence-electron chi connectivity index (χ3n) is 0.801. The van der Waals surface area contributed by atoms with Gasteiger partial charge < -0.3 is 4.12 Å². The van der Waals surface area contributed by atoms with Gasteiger partial charge >= 0.3 is 47.1 Å². The Labute approximate surface area is 83.6 Å². The van der Waals surface area contributed by atoms with E-state index in [1.54, 1.807) is 0 Å². The molecular formula is C8H23OPtSi2. The van der Waals surface area contributed by atoms with Crippen LogP contribution in [0, 0.1) is 0 Å². The molecule has 0 N–H and O–H groups in total. The minimum atomic E-state index is -1.84. The molecule has 0 atom stereocenters. The van der Waals surface area contributed by atoms with Crippen LogP contribution >= 0.6 is 0 Å². The van der Waals surface area contributed by atoms with E-state index in [1.807, 2.05) is 5.70 Å². The fraction of sp³-hybridized carbons (Fsp3) is 0.500. The van der Waals surface area contributed by atoms with Crippen molar-refractivity contribution >= 4 is 20.2 Å². The summed E-state index contributed by atoms with van der Waals surface area (Å²) in [5.41, 5.74) is 1.88. The van der Waals surface area contributed by atoms with E-state index in [2.05, 4.69) is 38.9 Å². The van der Waals surface area contributed by atoms with E-state index in [4.69, 9.17) is 4.12 Å². The van der Waals surface area contributed by atoms with Crippen LogP contribution in [0.3, 0.4) is 0 Å². The molecule has 0 aromatic rings. The standard InChI is InChI=1S/C2H8OSi2.C2H3.4CH3.Pt/c1-2-5-3-4;1-2;;;;;/h2H,1,5H2,4H3;1H,2H2;4*1H3;. The third kappa shape index (κ3) is 22.4. The van der Waals surface area contributed by atoms with E-state index in [-0.39, 0.29) is 9.76 Å². The molecule has 0 heterocycles. The Morgan fingerprint density at radius 3 is 1.58 bits per heavy atom. The molecule has 0 aromatic heterocycles. The van der Waals surface area contributed by atoms with Gasteiger partial charge in [-0.25, -0.2) is 0 Å². The van der Waals surface area contributed by atoms with E-state index < -0.39 is 14.8 Å². The Balaban J connectivity index is 0. The zero-order chi connectivity index (χ0) is 10.3. The summed E-state index contributed by atoms with van der Waals surface area (Å²) in [4.78, 5) is 0. The topological polar surface area (TPSA) is 9.23 Å². The monoisotopic (exact) mass is 386 g/mol. The summed E-state index contributed by atoms with van der Waals surface area (Å²) in [6.07, 6.45) is 0. The normalized spacial score (nSPS) is 14.5. The Morgan fingerprint density at radius 1 is 1.25 bits per heavy atom. The van der Waals surface area contributed by atoms with Crippen LogP contribution in [-0.2, 0) is 18.9 Å². The minimum absolute atomic E-state index is 0.242. The van der Waals surface area contributed by atoms with Gasteiger partial charge in [0.15, 0.2) is 9.76 Å². The van der Waals surface area contributed by atoms with Crippen LogP contribution in [0.2, 0.25) is 21.3 Å². The SMILES string of the molecule is C=C[SiH2]O[SiH3].C=[CH][Pt]([CH3])([CH3])([CH3])[CH3]. The fourth-order valence-electron chi connectivity index (χ4n) is 0.118. The first-order valence-electron chi connectivity index (χ1n) is 3.37. The van der Waals surface area contributed by atoms with Gasteiger partial charge in [-0.15, -0.1) is 6.58 Å². The molecule has 4 heteroatoms. The number of hydrogen-bond donors (Lipinski definition) is 0. The molecule has 0 fully saturated rings. The van der Waals surface area contributed by atoms with Crippen molar-refractivity contribution in [2.75, 3.05) is 0 Å². The molecular weight excluding hydrogens is 363 g/mol. The number of rotatable bonds is 3. The first-order chi connectivity index (χ1) is 5.23. The fourth-order valence-corrected chi connectivity index (χ4v) is 1.06. The second kappa shape index (κ2) is 6.08. The molecule has 0 saturated heterocycles. The Morgan fingerprint density at radius 2 is 1.58 bits per heavy atom. The van der Waals surface area contributed by atoms with Gasteiger partial charge in [-0.1, -0.05) is 5.70 Å². The van der Waals surface area contributed by atoms with E-state index in [0.29, 0.717) is 0 Å².